The van der Waals surface area contributed by atoms with E-state index in [1.54, 1.807) is 54.6 Å². The predicted molar refractivity (Wildman–Crippen MR) is 142 cm³/mol. The van der Waals surface area contributed by atoms with Crippen molar-refractivity contribution in [3.8, 4) is 17.1 Å². The maximum absolute atomic E-state index is 13.8. The Hall–Kier alpha value is -3.14. The fourth-order valence-electron chi connectivity index (χ4n) is 3.34. The van der Waals surface area contributed by atoms with Crippen LogP contribution >= 0.6 is 39.3 Å². The second-order valence-electron chi connectivity index (χ2n) is 7.54. The van der Waals surface area contributed by atoms with Gasteiger partial charge >= 0.3 is 5.97 Å². The van der Waals surface area contributed by atoms with Gasteiger partial charge in [-0.1, -0.05) is 35.9 Å². The maximum atomic E-state index is 13.8. The van der Waals surface area contributed by atoms with E-state index in [0.717, 1.165) is 17.3 Å². The Morgan fingerprint density at radius 2 is 1.92 bits per heavy atom. The molecule has 6 nitrogen and oxygen atoms in total. The van der Waals surface area contributed by atoms with Crippen LogP contribution < -0.4 is 4.74 Å². The minimum atomic E-state index is -1.09. The summed E-state index contributed by atoms with van der Waals surface area (Å²) in [7, 11) is 0. The molecule has 0 aliphatic rings. The Balaban J connectivity index is 1.55. The Morgan fingerprint density at radius 1 is 1.17 bits per heavy atom. The highest BCUT2D eigenvalue weighted by molar-refractivity contribution is 9.10. The van der Waals surface area contributed by atoms with Crippen LogP contribution in [0.4, 0.5) is 4.39 Å². The molecule has 0 unspecified atom stereocenters. The van der Waals surface area contributed by atoms with Crippen LogP contribution in [0.2, 0.25) is 5.02 Å². The molecular formula is C26H20BrClFN3O3S. The smallest absolute Gasteiger partial charge is 0.342 e. The molecule has 0 fully saturated rings. The van der Waals surface area contributed by atoms with E-state index in [0.29, 0.717) is 43.9 Å². The first-order valence-electron chi connectivity index (χ1n) is 10.8. The minimum Gasteiger partial charge on any atom is -0.488 e. The lowest BCUT2D eigenvalue weighted by Gasteiger charge is -2.10. The van der Waals surface area contributed by atoms with E-state index in [4.69, 9.17) is 16.3 Å². The van der Waals surface area contributed by atoms with Crippen molar-refractivity contribution in [3.63, 3.8) is 0 Å². The fourth-order valence-corrected chi connectivity index (χ4v) is 4.86. The molecule has 4 aromatic rings. The lowest BCUT2D eigenvalue weighted by Crippen LogP contribution is -2.03. The van der Waals surface area contributed by atoms with Crippen molar-refractivity contribution < 1.29 is 19.0 Å². The maximum Gasteiger partial charge on any atom is 0.342 e. The molecule has 0 saturated heterocycles. The lowest BCUT2D eigenvalue weighted by atomic mass is 10.2. The lowest BCUT2D eigenvalue weighted by molar-refractivity contribution is -0.131. The number of carboxylic acid groups (broad SMARTS) is 1. The second kappa shape index (κ2) is 11.7. The van der Waals surface area contributed by atoms with Crippen LogP contribution in [-0.4, -0.2) is 25.8 Å². The quantitative estimate of drug-likeness (QED) is 0.163. The van der Waals surface area contributed by atoms with Crippen LogP contribution in [-0.2, 0) is 17.9 Å². The van der Waals surface area contributed by atoms with Crippen molar-refractivity contribution in [2.45, 2.75) is 25.2 Å². The van der Waals surface area contributed by atoms with Gasteiger partial charge in [0.1, 0.15) is 23.1 Å². The molecule has 0 spiro atoms. The number of hydrogen-bond acceptors (Lipinski definition) is 5. The van der Waals surface area contributed by atoms with E-state index in [1.807, 2.05) is 23.6 Å². The SMILES string of the molecule is CCn1c(S/C(=C\c2ccc(OCc3ccccc3F)c(Br)c2)C(=O)O)nnc1-c1ccc(Cl)cc1. The number of aromatic nitrogens is 3. The molecule has 0 aliphatic carbocycles. The summed E-state index contributed by atoms with van der Waals surface area (Å²) in [4.78, 5) is 12.1. The van der Waals surface area contributed by atoms with Gasteiger partial charge in [-0.25, -0.2) is 9.18 Å². The van der Waals surface area contributed by atoms with Crippen molar-refractivity contribution in [1.82, 2.24) is 14.8 Å². The largest absolute Gasteiger partial charge is 0.488 e. The molecule has 0 atom stereocenters. The molecule has 0 amide bonds. The van der Waals surface area contributed by atoms with Gasteiger partial charge in [0.25, 0.3) is 0 Å². The van der Waals surface area contributed by atoms with Gasteiger partial charge in [0.05, 0.1) is 4.47 Å². The van der Waals surface area contributed by atoms with Crippen molar-refractivity contribution in [2.75, 3.05) is 0 Å². The third kappa shape index (κ3) is 6.16. The first-order valence-corrected chi connectivity index (χ1v) is 12.8. The van der Waals surface area contributed by atoms with Crippen LogP contribution in [0.3, 0.4) is 0 Å². The molecule has 10 heteroatoms. The number of nitrogens with zero attached hydrogens (tertiary/aromatic N) is 3. The summed E-state index contributed by atoms with van der Waals surface area (Å²) in [5, 5.41) is 19.4. The third-order valence-electron chi connectivity index (χ3n) is 5.14. The van der Waals surface area contributed by atoms with Gasteiger partial charge in [-0.2, -0.15) is 0 Å². The molecule has 0 bridgehead atoms. The zero-order chi connectivity index (χ0) is 25.7. The topological polar surface area (TPSA) is 77.2 Å². The van der Waals surface area contributed by atoms with E-state index in [1.165, 1.54) is 6.07 Å². The Bertz CT molecular complexity index is 1430. The molecule has 1 aromatic heterocycles. The first-order chi connectivity index (χ1) is 17.4. The van der Waals surface area contributed by atoms with Crippen molar-refractivity contribution in [3.05, 3.63) is 98.1 Å². The van der Waals surface area contributed by atoms with E-state index in [2.05, 4.69) is 26.1 Å². The number of benzene rings is 3. The number of ether oxygens (including phenoxy) is 1. The van der Waals surface area contributed by atoms with E-state index >= 15 is 0 Å². The summed E-state index contributed by atoms with van der Waals surface area (Å²) in [6.07, 6.45) is 1.55. The van der Waals surface area contributed by atoms with Gasteiger partial charge in [-0.15, -0.1) is 10.2 Å². The van der Waals surface area contributed by atoms with Crippen LogP contribution in [0.1, 0.15) is 18.1 Å². The highest BCUT2D eigenvalue weighted by atomic mass is 79.9. The van der Waals surface area contributed by atoms with Crippen LogP contribution in [0.15, 0.2) is 81.3 Å². The number of carbonyl (C=O) groups is 1. The van der Waals surface area contributed by atoms with Crippen LogP contribution in [0.25, 0.3) is 17.5 Å². The molecule has 0 radical (unpaired) electrons. The van der Waals surface area contributed by atoms with Gasteiger partial charge in [0.2, 0.25) is 0 Å². The molecule has 0 aliphatic heterocycles. The first kappa shape index (κ1) is 25.9. The monoisotopic (exact) mass is 587 g/mol. The van der Waals surface area contributed by atoms with E-state index in [-0.39, 0.29) is 17.3 Å². The summed E-state index contributed by atoms with van der Waals surface area (Å²) in [5.74, 6) is -0.288. The van der Waals surface area contributed by atoms with E-state index in [9.17, 15) is 14.3 Å². The summed E-state index contributed by atoms with van der Waals surface area (Å²) in [6.45, 7) is 2.56. The predicted octanol–water partition coefficient (Wildman–Crippen LogP) is 7.32. The molecule has 4 rings (SSSR count). The molecule has 1 N–H and O–H groups in total. The van der Waals surface area contributed by atoms with Crippen molar-refractivity contribution in [1.29, 1.82) is 0 Å². The molecule has 36 heavy (non-hydrogen) atoms. The Labute approximate surface area is 224 Å². The van der Waals surface area contributed by atoms with E-state index < -0.39 is 5.97 Å². The summed E-state index contributed by atoms with van der Waals surface area (Å²) in [5.41, 5.74) is 1.91. The van der Waals surface area contributed by atoms with Crippen molar-refractivity contribution in [2.24, 2.45) is 0 Å². The summed E-state index contributed by atoms with van der Waals surface area (Å²) >= 11 is 10.5. The Kier molecular flexibility index (Phi) is 8.45. The average molecular weight is 589 g/mol. The van der Waals surface area contributed by atoms with Gasteiger partial charge in [-0.05, 0) is 88.7 Å². The van der Waals surface area contributed by atoms with Crippen LogP contribution in [0.5, 0.6) is 5.75 Å². The number of hydrogen-bond donors (Lipinski definition) is 1. The molecule has 1 heterocycles. The summed E-state index contributed by atoms with van der Waals surface area (Å²) in [6, 6.07) is 18.8. The van der Waals surface area contributed by atoms with Gasteiger partial charge < -0.3 is 14.4 Å². The number of carboxylic acids is 1. The fraction of sp³-hybridized carbons (Fsp3) is 0.115. The standard InChI is InChI=1S/C26H20BrClFN3O3S/c1-2-32-24(17-8-10-19(28)11-9-17)30-31-26(32)36-23(25(33)34)14-16-7-12-22(20(27)13-16)35-15-18-5-3-4-6-21(18)29/h3-14H,2,15H2,1H3,(H,33,34)/b23-14-. The highest BCUT2D eigenvalue weighted by Gasteiger charge is 2.18. The van der Waals surface area contributed by atoms with Gasteiger partial charge in [-0.3, -0.25) is 0 Å². The number of halogens is 3. The minimum absolute atomic E-state index is 0.0688. The average Bonchev–Trinajstić information content (AvgIpc) is 3.27. The molecule has 3 aromatic carbocycles. The Morgan fingerprint density at radius 3 is 2.58 bits per heavy atom. The van der Waals surface area contributed by atoms with Gasteiger partial charge in [0.15, 0.2) is 11.0 Å². The molecule has 0 saturated carbocycles. The zero-order valence-corrected chi connectivity index (χ0v) is 22.1. The number of thioether (sulfide) groups is 1. The summed E-state index contributed by atoms with van der Waals surface area (Å²) < 4.78 is 22.0. The molecule has 184 valence electrons. The van der Waals surface area contributed by atoms with Gasteiger partial charge in [0, 0.05) is 22.7 Å². The van der Waals surface area contributed by atoms with Crippen LogP contribution in [0, 0.1) is 5.82 Å². The zero-order valence-electron chi connectivity index (χ0n) is 19.0. The second-order valence-corrected chi connectivity index (χ2v) is 9.84. The third-order valence-corrected chi connectivity index (χ3v) is 7.01. The highest BCUT2D eigenvalue weighted by Crippen LogP contribution is 2.33. The number of aliphatic carboxylic acids is 1. The normalized spacial score (nSPS) is 11.5. The number of rotatable bonds is 9. The van der Waals surface area contributed by atoms with Crippen molar-refractivity contribution >= 4 is 51.3 Å². The molecular weight excluding hydrogens is 569 g/mol.